The Bertz CT molecular complexity index is 863. The van der Waals surface area contributed by atoms with Crippen molar-refractivity contribution in [2.45, 2.75) is 26.9 Å². The number of carbonyl (C=O) groups excluding carboxylic acids is 1. The molecular formula is C18H22N2O4. The van der Waals surface area contributed by atoms with E-state index in [1.807, 2.05) is 0 Å². The first-order valence-electron chi connectivity index (χ1n) is 7.64. The molecule has 1 N–H and O–H groups in total. The molecule has 0 bridgehead atoms. The molecule has 0 radical (unpaired) electrons. The van der Waals surface area contributed by atoms with E-state index in [1.165, 1.54) is 11.7 Å². The summed E-state index contributed by atoms with van der Waals surface area (Å²) in [7, 11) is 2.94. The van der Waals surface area contributed by atoms with E-state index in [4.69, 9.17) is 4.74 Å². The van der Waals surface area contributed by atoms with Gasteiger partial charge in [0.2, 0.25) is 0 Å². The van der Waals surface area contributed by atoms with Crippen LogP contribution in [-0.2, 0) is 16.6 Å². The number of nitrogens with zero attached hydrogens (tertiary/aromatic N) is 2. The van der Waals surface area contributed by atoms with Crippen LogP contribution in [0.15, 0.2) is 29.1 Å². The van der Waals surface area contributed by atoms with Gasteiger partial charge in [0.1, 0.15) is 11.9 Å². The topological polar surface area (TPSA) is 81.4 Å². The summed E-state index contributed by atoms with van der Waals surface area (Å²) in [6.07, 6.45) is 2.69. The zero-order valence-electron chi connectivity index (χ0n) is 14.5. The molecule has 0 spiro atoms. The molecule has 1 aromatic carbocycles. The number of carbonyl (C=O) groups is 1. The highest BCUT2D eigenvalue weighted by Crippen LogP contribution is 2.22. The van der Waals surface area contributed by atoms with Gasteiger partial charge in [-0.2, -0.15) is 0 Å². The van der Waals surface area contributed by atoms with Crippen LogP contribution < -0.4 is 5.56 Å². The molecule has 0 fully saturated rings. The summed E-state index contributed by atoms with van der Waals surface area (Å²) in [6.45, 7) is 5.09. The monoisotopic (exact) mass is 330 g/mol. The lowest BCUT2D eigenvalue weighted by atomic mass is 9.92. The molecule has 2 aromatic rings. The van der Waals surface area contributed by atoms with Gasteiger partial charge in [-0.05, 0) is 38.5 Å². The Labute approximate surface area is 140 Å². The molecule has 6 nitrogen and oxygen atoms in total. The highest BCUT2D eigenvalue weighted by Gasteiger charge is 2.25. The number of aliphatic hydroxyl groups is 1. The van der Waals surface area contributed by atoms with Gasteiger partial charge in [0, 0.05) is 7.05 Å². The van der Waals surface area contributed by atoms with Crippen LogP contribution >= 0.6 is 0 Å². The minimum atomic E-state index is -0.843. The maximum Gasteiger partial charge on any atom is 0.315 e. The quantitative estimate of drug-likeness (QED) is 0.869. The van der Waals surface area contributed by atoms with Crippen LogP contribution in [0, 0.1) is 5.41 Å². The van der Waals surface area contributed by atoms with E-state index in [1.54, 1.807) is 58.2 Å². The summed E-state index contributed by atoms with van der Waals surface area (Å²) < 4.78 is 6.12. The van der Waals surface area contributed by atoms with E-state index in [0.29, 0.717) is 16.7 Å². The third-order valence-corrected chi connectivity index (χ3v) is 3.91. The molecule has 0 saturated carbocycles. The van der Waals surface area contributed by atoms with Crippen molar-refractivity contribution in [3.63, 3.8) is 0 Å². The Balaban J connectivity index is 2.50. The normalized spacial score (nSPS) is 13.4. The van der Waals surface area contributed by atoms with Gasteiger partial charge in [-0.3, -0.25) is 14.2 Å². The van der Waals surface area contributed by atoms with Crippen molar-refractivity contribution in [1.29, 1.82) is 0 Å². The molecule has 24 heavy (non-hydrogen) atoms. The molecule has 0 aliphatic heterocycles. The first kappa shape index (κ1) is 17.9. The lowest BCUT2D eigenvalue weighted by molar-refractivity contribution is -0.148. The first-order chi connectivity index (χ1) is 11.2. The van der Waals surface area contributed by atoms with Gasteiger partial charge in [-0.25, -0.2) is 4.98 Å². The number of hydrogen-bond acceptors (Lipinski definition) is 5. The van der Waals surface area contributed by atoms with E-state index in [2.05, 4.69) is 4.98 Å². The molecule has 0 aliphatic rings. The summed E-state index contributed by atoms with van der Waals surface area (Å²) in [6, 6.07) is 5.24. The lowest BCUT2D eigenvalue weighted by Gasteiger charge is -2.16. The fraction of sp³-hybridized carbons (Fsp3) is 0.389. The van der Waals surface area contributed by atoms with Crippen molar-refractivity contribution in [3.05, 3.63) is 46.0 Å². The molecule has 6 heteroatoms. The zero-order chi connectivity index (χ0) is 18.1. The van der Waals surface area contributed by atoms with Crippen LogP contribution in [0.2, 0.25) is 0 Å². The van der Waals surface area contributed by atoms with Crippen LogP contribution in [0.4, 0.5) is 0 Å². The van der Waals surface area contributed by atoms with Gasteiger partial charge in [-0.15, -0.1) is 0 Å². The number of fused-ring (bicyclic) bond motifs is 1. The summed E-state index contributed by atoms with van der Waals surface area (Å²) in [4.78, 5) is 28.4. The molecule has 2 rings (SSSR count). The van der Waals surface area contributed by atoms with Gasteiger partial charge < -0.3 is 9.84 Å². The van der Waals surface area contributed by atoms with Crippen molar-refractivity contribution in [2.24, 2.45) is 12.5 Å². The second kappa shape index (κ2) is 6.57. The molecule has 1 aromatic heterocycles. The minimum absolute atomic E-state index is 0.207. The smallest absolute Gasteiger partial charge is 0.315 e. The van der Waals surface area contributed by atoms with Crippen molar-refractivity contribution in [2.75, 3.05) is 7.11 Å². The average molecular weight is 330 g/mol. The molecule has 1 atom stereocenters. The Morgan fingerprint density at radius 2 is 2.08 bits per heavy atom. The number of hydrogen-bond donors (Lipinski definition) is 1. The second-order valence-electron chi connectivity index (χ2n) is 6.33. The Hall–Kier alpha value is -2.47. The van der Waals surface area contributed by atoms with Crippen molar-refractivity contribution in [1.82, 2.24) is 9.55 Å². The highest BCUT2D eigenvalue weighted by molar-refractivity contribution is 5.82. The summed E-state index contributed by atoms with van der Waals surface area (Å²) in [5.41, 5.74) is 0.347. The fourth-order valence-electron chi connectivity index (χ4n) is 2.42. The van der Waals surface area contributed by atoms with Gasteiger partial charge in [0.25, 0.3) is 5.56 Å². The van der Waals surface area contributed by atoms with E-state index < -0.39 is 11.5 Å². The van der Waals surface area contributed by atoms with E-state index in [0.717, 1.165) is 5.56 Å². The Morgan fingerprint density at radius 3 is 2.67 bits per heavy atom. The molecule has 1 heterocycles. The van der Waals surface area contributed by atoms with Crippen molar-refractivity contribution < 1.29 is 14.6 Å². The zero-order valence-corrected chi connectivity index (χ0v) is 14.5. The number of benzene rings is 1. The summed E-state index contributed by atoms with van der Waals surface area (Å²) in [5, 5.41) is 10.2. The number of rotatable bonds is 4. The molecule has 0 unspecified atom stereocenters. The number of aromatic nitrogens is 2. The predicted octanol–water partition coefficient (Wildman–Crippen LogP) is 2.20. The van der Waals surface area contributed by atoms with Crippen LogP contribution in [0.5, 0.6) is 0 Å². The SMILES string of the molecule is COC(=O)C(C)(C)/C=C/c1ccc2c(=O)n(C)c([C@@H](C)O)nc2c1. The van der Waals surface area contributed by atoms with E-state index in [-0.39, 0.29) is 11.5 Å². The van der Waals surface area contributed by atoms with Crippen LogP contribution in [0.3, 0.4) is 0 Å². The molecular weight excluding hydrogens is 308 g/mol. The summed E-state index contributed by atoms with van der Waals surface area (Å²) >= 11 is 0. The van der Waals surface area contributed by atoms with Crippen molar-refractivity contribution >= 4 is 22.9 Å². The van der Waals surface area contributed by atoms with Crippen LogP contribution in [0.25, 0.3) is 17.0 Å². The predicted molar refractivity (Wildman–Crippen MR) is 92.4 cm³/mol. The maximum atomic E-state index is 12.3. The minimum Gasteiger partial charge on any atom is -0.468 e. The average Bonchev–Trinajstić information content (AvgIpc) is 2.55. The van der Waals surface area contributed by atoms with Gasteiger partial charge in [-0.1, -0.05) is 18.2 Å². The lowest BCUT2D eigenvalue weighted by Crippen LogP contribution is -2.23. The number of ether oxygens (including phenoxy) is 1. The van der Waals surface area contributed by atoms with E-state index >= 15 is 0 Å². The van der Waals surface area contributed by atoms with Gasteiger partial charge in [0.15, 0.2) is 0 Å². The standard InChI is InChI=1S/C18H22N2O4/c1-11(21)15-19-14-10-12(6-7-13(14)16(22)20(15)4)8-9-18(2,3)17(23)24-5/h6-11,21H,1-5H3/b9-8+/t11-/m1/s1. The van der Waals surface area contributed by atoms with E-state index in [9.17, 15) is 14.7 Å². The third-order valence-electron chi connectivity index (χ3n) is 3.91. The third kappa shape index (κ3) is 3.38. The summed E-state index contributed by atoms with van der Waals surface area (Å²) in [5.74, 6) is -0.0218. The maximum absolute atomic E-state index is 12.3. The van der Waals surface area contributed by atoms with Crippen LogP contribution in [0.1, 0.15) is 38.3 Å². The molecule has 0 aliphatic carbocycles. The van der Waals surface area contributed by atoms with Gasteiger partial charge >= 0.3 is 5.97 Å². The number of esters is 1. The second-order valence-corrected chi connectivity index (χ2v) is 6.33. The Kier molecular flexibility index (Phi) is 4.89. The largest absolute Gasteiger partial charge is 0.468 e. The number of aliphatic hydroxyl groups excluding tert-OH is 1. The number of methoxy groups -OCH3 is 1. The fourth-order valence-corrected chi connectivity index (χ4v) is 2.42. The first-order valence-corrected chi connectivity index (χ1v) is 7.64. The van der Waals surface area contributed by atoms with Crippen LogP contribution in [-0.4, -0.2) is 27.7 Å². The Morgan fingerprint density at radius 1 is 1.42 bits per heavy atom. The molecule has 128 valence electrons. The van der Waals surface area contributed by atoms with Crippen molar-refractivity contribution in [3.8, 4) is 0 Å². The molecule has 0 saturated heterocycles. The highest BCUT2D eigenvalue weighted by atomic mass is 16.5. The molecule has 0 amide bonds. The van der Waals surface area contributed by atoms with Gasteiger partial charge in [0.05, 0.1) is 23.4 Å².